The summed E-state index contributed by atoms with van der Waals surface area (Å²) < 4.78 is 0. The first kappa shape index (κ1) is 20.6. The number of hydrogen-bond donors (Lipinski definition) is 2. The Morgan fingerprint density at radius 2 is 1.79 bits per heavy atom. The summed E-state index contributed by atoms with van der Waals surface area (Å²) >= 11 is 0. The molecule has 2 aliphatic rings. The van der Waals surface area contributed by atoms with Crippen molar-refractivity contribution in [1.82, 2.24) is 20.3 Å². The minimum Gasteiger partial charge on any atom is -0.354 e. The van der Waals surface area contributed by atoms with Crippen LogP contribution in [0.4, 0.5) is 17.5 Å². The molecule has 0 bridgehead atoms. The summed E-state index contributed by atoms with van der Waals surface area (Å²) in [5.41, 5.74) is 3.86. The van der Waals surface area contributed by atoms with E-state index in [-0.39, 0.29) is 0 Å². The van der Waals surface area contributed by atoms with Gasteiger partial charge in [0.05, 0.1) is 17.3 Å². The topological polar surface area (TPSA) is 89.8 Å². The van der Waals surface area contributed by atoms with Crippen LogP contribution in [0, 0.1) is 11.3 Å². The largest absolute Gasteiger partial charge is 0.354 e. The smallest absolute Gasteiger partial charge is 0.136 e. The Labute approximate surface area is 198 Å². The lowest BCUT2D eigenvalue weighted by Gasteiger charge is -2.29. The van der Waals surface area contributed by atoms with Crippen molar-refractivity contribution in [2.24, 2.45) is 0 Å². The third-order valence-corrected chi connectivity index (χ3v) is 6.50. The second kappa shape index (κ2) is 8.73. The van der Waals surface area contributed by atoms with Gasteiger partial charge < -0.3 is 15.5 Å². The highest BCUT2D eigenvalue weighted by Gasteiger charge is 2.25. The van der Waals surface area contributed by atoms with Crippen LogP contribution in [0.1, 0.15) is 29.9 Å². The zero-order valence-corrected chi connectivity index (χ0v) is 18.8. The van der Waals surface area contributed by atoms with Gasteiger partial charge in [-0.15, -0.1) is 0 Å². The van der Waals surface area contributed by atoms with E-state index < -0.39 is 0 Å². The fourth-order valence-corrected chi connectivity index (χ4v) is 4.56. The summed E-state index contributed by atoms with van der Waals surface area (Å²) in [5.74, 6) is 2.99. The van der Waals surface area contributed by atoms with Gasteiger partial charge in [0.1, 0.15) is 17.5 Å². The number of fused-ring (bicyclic) bond motifs is 1. The van der Waals surface area contributed by atoms with E-state index in [2.05, 4.69) is 63.0 Å². The van der Waals surface area contributed by atoms with Crippen LogP contribution in [0.25, 0.3) is 22.0 Å². The molecule has 1 aliphatic heterocycles. The molecule has 0 radical (unpaired) electrons. The Balaban J connectivity index is 1.41. The summed E-state index contributed by atoms with van der Waals surface area (Å²) in [7, 11) is 0. The van der Waals surface area contributed by atoms with Crippen LogP contribution in [-0.4, -0.2) is 41.1 Å². The van der Waals surface area contributed by atoms with E-state index in [0.29, 0.717) is 17.3 Å². The van der Waals surface area contributed by atoms with E-state index in [0.717, 1.165) is 54.5 Å². The van der Waals surface area contributed by atoms with Gasteiger partial charge in [0.2, 0.25) is 0 Å². The summed E-state index contributed by atoms with van der Waals surface area (Å²) in [4.78, 5) is 16.4. The lowest BCUT2D eigenvalue weighted by atomic mass is 10.0. The summed E-state index contributed by atoms with van der Waals surface area (Å²) in [6.45, 7) is 3.85. The molecular weight excluding hydrogens is 422 g/mol. The van der Waals surface area contributed by atoms with Crippen molar-refractivity contribution in [3.8, 4) is 17.3 Å². The summed E-state index contributed by atoms with van der Waals surface area (Å²) in [6.07, 6.45) is 5.95. The van der Waals surface area contributed by atoms with Gasteiger partial charge in [-0.1, -0.05) is 12.1 Å². The number of hydrogen-bond acceptors (Lipinski definition) is 7. The van der Waals surface area contributed by atoms with Crippen LogP contribution >= 0.6 is 0 Å². The molecule has 1 saturated carbocycles. The molecule has 168 valence electrons. The average molecular weight is 448 g/mol. The Morgan fingerprint density at radius 1 is 0.941 bits per heavy atom. The van der Waals surface area contributed by atoms with Crippen LogP contribution in [-0.2, 0) is 0 Å². The quantitative estimate of drug-likeness (QED) is 0.462. The maximum absolute atomic E-state index is 9.22. The number of anilines is 3. The van der Waals surface area contributed by atoms with E-state index in [4.69, 9.17) is 9.97 Å². The molecule has 7 heteroatoms. The molecule has 0 amide bonds. The molecule has 6 rings (SSSR count). The second-order valence-electron chi connectivity index (χ2n) is 8.92. The fourth-order valence-electron chi connectivity index (χ4n) is 4.56. The predicted molar refractivity (Wildman–Crippen MR) is 134 cm³/mol. The standard InChI is InChI=1S/C27H25N7/c28-17-18-5-7-30-25(13-18)33-26-16-22(19-1-2-19)15-24(32-26)21-4-3-20-6-8-31-27(23(20)14-21)34-11-9-29-10-12-34/h3-8,13-16,19,29H,1-2,9-12H2,(H,30,32,33). The first-order valence-electron chi connectivity index (χ1n) is 11.8. The maximum Gasteiger partial charge on any atom is 0.136 e. The highest BCUT2D eigenvalue weighted by atomic mass is 15.2. The minimum atomic E-state index is 0.568. The van der Waals surface area contributed by atoms with Gasteiger partial charge in [-0.05, 0) is 66.1 Å². The minimum absolute atomic E-state index is 0.568. The number of nitrogens with one attached hydrogen (secondary N) is 2. The number of nitriles is 1. The molecule has 2 fully saturated rings. The Hall–Kier alpha value is -4.02. The number of rotatable bonds is 5. The third-order valence-electron chi connectivity index (χ3n) is 6.50. The second-order valence-corrected chi connectivity index (χ2v) is 8.92. The number of benzene rings is 1. The van der Waals surface area contributed by atoms with E-state index in [1.807, 2.05) is 6.20 Å². The number of aromatic nitrogens is 3. The normalized spacial score (nSPS) is 15.8. The van der Waals surface area contributed by atoms with Crippen molar-refractivity contribution in [3.63, 3.8) is 0 Å². The van der Waals surface area contributed by atoms with Gasteiger partial charge in [0.25, 0.3) is 0 Å². The molecular formula is C27H25N7. The van der Waals surface area contributed by atoms with E-state index in [1.54, 1.807) is 18.3 Å². The number of piperazine rings is 1. The molecule has 0 spiro atoms. The van der Waals surface area contributed by atoms with Crippen molar-refractivity contribution in [2.45, 2.75) is 18.8 Å². The monoisotopic (exact) mass is 447 g/mol. The van der Waals surface area contributed by atoms with Crippen LogP contribution < -0.4 is 15.5 Å². The molecule has 4 heterocycles. The number of nitrogens with zero attached hydrogens (tertiary/aromatic N) is 5. The van der Waals surface area contributed by atoms with Gasteiger partial charge >= 0.3 is 0 Å². The molecule has 3 aromatic heterocycles. The van der Waals surface area contributed by atoms with Crippen molar-refractivity contribution in [3.05, 3.63) is 72.1 Å². The molecule has 4 aromatic rings. The van der Waals surface area contributed by atoms with Crippen molar-refractivity contribution in [2.75, 3.05) is 36.4 Å². The van der Waals surface area contributed by atoms with Crippen molar-refractivity contribution in [1.29, 1.82) is 5.26 Å². The summed E-state index contributed by atoms with van der Waals surface area (Å²) in [5, 5.41) is 18.3. The molecule has 34 heavy (non-hydrogen) atoms. The lowest BCUT2D eigenvalue weighted by molar-refractivity contribution is 0.586. The highest BCUT2D eigenvalue weighted by Crippen LogP contribution is 2.42. The molecule has 7 nitrogen and oxygen atoms in total. The van der Waals surface area contributed by atoms with E-state index in [1.165, 1.54) is 23.8 Å². The molecule has 1 aromatic carbocycles. The Bertz CT molecular complexity index is 1400. The number of pyridine rings is 3. The average Bonchev–Trinajstić information content (AvgIpc) is 3.74. The van der Waals surface area contributed by atoms with Crippen LogP contribution in [0.2, 0.25) is 0 Å². The highest BCUT2D eigenvalue weighted by molar-refractivity contribution is 5.95. The molecule has 2 N–H and O–H groups in total. The van der Waals surface area contributed by atoms with Crippen LogP contribution in [0.3, 0.4) is 0 Å². The maximum atomic E-state index is 9.22. The fraction of sp³-hybridized carbons (Fsp3) is 0.259. The first-order chi connectivity index (χ1) is 16.8. The van der Waals surface area contributed by atoms with Gasteiger partial charge in [-0.3, -0.25) is 0 Å². The zero-order valence-electron chi connectivity index (χ0n) is 18.8. The SMILES string of the molecule is N#Cc1ccnc(Nc2cc(C3CC3)cc(-c3ccc4ccnc(N5CCNCC5)c4c3)n2)c1. The molecule has 0 unspecified atom stereocenters. The van der Waals surface area contributed by atoms with Gasteiger partial charge in [-0.25, -0.2) is 15.0 Å². The predicted octanol–water partition coefficient (Wildman–Crippen LogP) is 4.59. The summed E-state index contributed by atoms with van der Waals surface area (Å²) in [6, 6.07) is 18.5. The first-order valence-corrected chi connectivity index (χ1v) is 11.8. The van der Waals surface area contributed by atoms with Crippen LogP contribution in [0.15, 0.2) is 60.9 Å². The van der Waals surface area contributed by atoms with Crippen LogP contribution in [0.5, 0.6) is 0 Å². The lowest BCUT2D eigenvalue weighted by Crippen LogP contribution is -2.43. The third kappa shape index (κ3) is 4.16. The molecule has 1 saturated heterocycles. The Morgan fingerprint density at radius 3 is 2.62 bits per heavy atom. The molecule has 0 atom stereocenters. The van der Waals surface area contributed by atoms with E-state index >= 15 is 0 Å². The zero-order chi connectivity index (χ0) is 22.9. The van der Waals surface area contributed by atoms with Crippen molar-refractivity contribution < 1.29 is 0 Å². The van der Waals surface area contributed by atoms with Crippen molar-refractivity contribution >= 4 is 28.2 Å². The molecule has 1 aliphatic carbocycles. The van der Waals surface area contributed by atoms with Gasteiger partial charge in [0, 0.05) is 49.5 Å². The van der Waals surface area contributed by atoms with E-state index in [9.17, 15) is 5.26 Å². The Kier molecular flexibility index (Phi) is 5.28. The van der Waals surface area contributed by atoms with Gasteiger partial charge in [0.15, 0.2) is 0 Å². The van der Waals surface area contributed by atoms with Gasteiger partial charge in [-0.2, -0.15) is 5.26 Å².